The standard InChI is InChI=1S/C26H25N3O3/c30-25(31)15-17-5-7-18(8-6-17)19-9-11-20(12-10-19)22-14-13-21(16-27-22)28-26-29-23-3-1-2-4-24(23)32-26/h1-4,9-14,16-18H,5-8,15H2,(H,28,29)(H,30,31)/t17-,18+. The van der Waals surface area contributed by atoms with E-state index in [0.717, 1.165) is 53.7 Å². The smallest absolute Gasteiger partial charge is 0.303 e. The Balaban J connectivity index is 1.22. The normalized spacial score (nSPS) is 18.5. The zero-order chi connectivity index (χ0) is 21.9. The number of aromatic nitrogens is 2. The molecule has 0 amide bonds. The highest BCUT2D eigenvalue weighted by Crippen LogP contribution is 2.37. The molecule has 162 valence electrons. The van der Waals surface area contributed by atoms with Gasteiger partial charge in [0.1, 0.15) is 5.52 Å². The lowest BCUT2D eigenvalue weighted by atomic mass is 9.77. The Bertz CT molecular complexity index is 1170. The summed E-state index contributed by atoms with van der Waals surface area (Å²) < 4.78 is 5.70. The van der Waals surface area contributed by atoms with Crippen LogP contribution in [0, 0.1) is 5.92 Å². The molecule has 2 N–H and O–H groups in total. The summed E-state index contributed by atoms with van der Waals surface area (Å²) in [5.41, 5.74) is 5.68. The number of fused-ring (bicyclic) bond motifs is 1. The number of rotatable bonds is 6. The maximum Gasteiger partial charge on any atom is 0.303 e. The van der Waals surface area contributed by atoms with Crippen molar-refractivity contribution in [3.63, 3.8) is 0 Å². The fourth-order valence-corrected chi connectivity index (χ4v) is 4.56. The van der Waals surface area contributed by atoms with Crippen LogP contribution >= 0.6 is 0 Å². The van der Waals surface area contributed by atoms with Crippen LogP contribution in [0.15, 0.2) is 71.3 Å². The number of hydrogen-bond acceptors (Lipinski definition) is 5. The molecule has 5 rings (SSSR count). The van der Waals surface area contributed by atoms with E-state index >= 15 is 0 Å². The zero-order valence-electron chi connectivity index (χ0n) is 17.7. The second kappa shape index (κ2) is 8.83. The lowest BCUT2D eigenvalue weighted by molar-refractivity contribution is -0.138. The first-order valence-electron chi connectivity index (χ1n) is 11.0. The van der Waals surface area contributed by atoms with E-state index in [1.165, 1.54) is 5.56 Å². The summed E-state index contributed by atoms with van der Waals surface area (Å²) >= 11 is 0. The Morgan fingerprint density at radius 3 is 2.47 bits per heavy atom. The molecule has 0 bridgehead atoms. The molecule has 2 aromatic carbocycles. The van der Waals surface area contributed by atoms with Gasteiger partial charge in [-0.2, -0.15) is 4.98 Å². The molecule has 4 aromatic rings. The number of carbonyl (C=O) groups is 1. The third-order valence-corrected chi connectivity index (χ3v) is 6.30. The molecule has 0 atom stereocenters. The van der Waals surface area contributed by atoms with Gasteiger partial charge in [-0.25, -0.2) is 0 Å². The van der Waals surface area contributed by atoms with Crippen molar-refractivity contribution < 1.29 is 14.3 Å². The first-order valence-corrected chi connectivity index (χ1v) is 11.0. The Hall–Kier alpha value is -3.67. The number of anilines is 2. The van der Waals surface area contributed by atoms with Gasteiger partial charge in [0.25, 0.3) is 6.01 Å². The Morgan fingerprint density at radius 2 is 1.78 bits per heavy atom. The lowest BCUT2D eigenvalue weighted by Crippen LogP contribution is -2.16. The molecule has 1 fully saturated rings. The molecule has 6 heteroatoms. The van der Waals surface area contributed by atoms with E-state index in [2.05, 4.69) is 39.6 Å². The van der Waals surface area contributed by atoms with Crippen LogP contribution in [0.25, 0.3) is 22.4 Å². The third-order valence-electron chi connectivity index (χ3n) is 6.30. The topological polar surface area (TPSA) is 88.2 Å². The summed E-state index contributed by atoms with van der Waals surface area (Å²) in [6.07, 6.45) is 6.19. The van der Waals surface area contributed by atoms with Crippen LogP contribution < -0.4 is 5.32 Å². The van der Waals surface area contributed by atoms with Crippen LogP contribution in [0.5, 0.6) is 0 Å². The average molecular weight is 428 g/mol. The van der Waals surface area contributed by atoms with E-state index < -0.39 is 5.97 Å². The van der Waals surface area contributed by atoms with Crippen LogP contribution in [-0.4, -0.2) is 21.0 Å². The van der Waals surface area contributed by atoms with Crippen molar-refractivity contribution in [1.29, 1.82) is 0 Å². The molecular weight excluding hydrogens is 402 g/mol. The van der Waals surface area contributed by atoms with Gasteiger partial charge in [-0.05, 0) is 67.3 Å². The molecule has 1 saturated carbocycles. The van der Waals surface area contributed by atoms with Crippen molar-refractivity contribution in [2.45, 2.75) is 38.0 Å². The zero-order valence-corrected chi connectivity index (χ0v) is 17.7. The number of hydrogen-bond donors (Lipinski definition) is 2. The number of aliphatic carboxylic acids is 1. The van der Waals surface area contributed by atoms with Gasteiger partial charge in [0.05, 0.1) is 17.6 Å². The van der Waals surface area contributed by atoms with Gasteiger partial charge in [-0.3, -0.25) is 9.78 Å². The predicted molar refractivity (Wildman–Crippen MR) is 124 cm³/mol. The van der Waals surface area contributed by atoms with E-state index in [-0.39, 0.29) is 0 Å². The quantitative estimate of drug-likeness (QED) is 0.371. The largest absolute Gasteiger partial charge is 0.481 e. The maximum absolute atomic E-state index is 10.9. The van der Waals surface area contributed by atoms with Crippen LogP contribution in [0.4, 0.5) is 11.7 Å². The second-order valence-corrected chi connectivity index (χ2v) is 8.48. The van der Waals surface area contributed by atoms with Gasteiger partial charge in [0, 0.05) is 12.0 Å². The van der Waals surface area contributed by atoms with Gasteiger partial charge < -0.3 is 14.8 Å². The third kappa shape index (κ3) is 4.49. The van der Waals surface area contributed by atoms with Crippen LogP contribution in [-0.2, 0) is 4.79 Å². The number of para-hydroxylation sites is 2. The second-order valence-electron chi connectivity index (χ2n) is 8.48. The van der Waals surface area contributed by atoms with Gasteiger partial charge in [-0.15, -0.1) is 0 Å². The van der Waals surface area contributed by atoms with Gasteiger partial charge in [0.2, 0.25) is 0 Å². The van der Waals surface area contributed by atoms with Crippen molar-refractivity contribution in [3.05, 3.63) is 72.4 Å². The van der Waals surface area contributed by atoms with E-state index in [1.807, 2.05) is 36.4 Å². The average Bonchev–Trinajstić information content (AvgIpc) is 3.22. The fraction of sp³-hybridized carbons (Fsp3) is 0.269. The van der Waals surface area contributed by atoms with Crippen molar-refractivity contribution >= 4 is 28.8 Å². The number of carboxylic acid groups (broad SMARTS) is 1. The molecule has 0 spiro atoms. The Labute approximate surface area is 186 Å². The molecule has 2 heterocycles. The number of benzene rings is 2. The lowest BCUT2D eigenvalue weighted by Gasteiger charge is -2.28. The summed E-state index contributed by atoms with van der Waals surface area (Å²) in [5, 5.41) is 12.2. The minimum Gasteiger partial charge on any atom is -0.481 e. The van der Waals surface area contributed by atoms with E-state index in [0.29, 0.717) is 24.3 Å². The molecule has 6 nitrogen and oxygen atoms in total. The highest BCUT2D eigenvalue weighted by atomic mass is 16.4. The number of pyridine rings is 1. The Morgan fingerprint density at radius 1 is 1.00 bits per heavy atom. The predicted octanol–water partition coefficient (Wildman–Crippen LogP) is 6.38. The first-order chi connectivity index (χ1) is 15.6. The molecule has 1 aliphatic carbocycles. The molecule has 0 saturated heterocycles. The number of oxazole rings is 1. The highest BCUT2D eigenvalue weighted by molar-refractivity contribution is 5.75. The molecular formula is C26H25N3O3. The summed E-state index contributed by atoms with van der Waals surface area (Å²) in [4.78, 5) is 19.9. The minimum absolute atomic E-state index is 0.300. The molecule has 0 unspecified atom stereocenters. The van der Waals surface area contributed by atoms with Crippen LogP contribution in [0.1, 0.15) is 43.6 Å². The summed E-state index contributed by atoms with van der Waals surface area (Å²) in [6.45, 7) is 0. The fourth-order valence-electron chi connectivity index (χ4n) is 4.56. The monoisotopic (exact) mass is 427 g/mol. The summed E-state index contributed by atoms with van der Waals surface area (Å²) in [5.74, 6) is 0.166. The van der Waals surface area contributed by atoms with Crippen molar-refractivity contribution in [2.24, 2.45) is 5.92 Å². The van der Waals surface area contributed by atoms with Crippen molar-refractivity contribution in [3.8, 4) is 11.3 Å². The van der Waals surface area contributed by atoms with E-state index in [4.69, 9.17) is 9.52 Å². The molecule has 0 radical (unpaired) electrons. The van der Waals surface area contributed by atoms with Crippen LogP contribution in [0.2, 0.25) is 0 Å². The molecule has 1 aliphatic rings. The first kappa shape index (κ1) is 20.2. The Kier molecular flexibility index (Phi) is 5.58. The van der Waals surface area contributed by atoms with Gasteiger partial charge >= 0.3 is 5.97 Å². The van der Waals surface area contributed by atoms with Gasteiger partial charge in [0.15, 0.2) is 5.58 Å². The van der Waals surface area contributed by atoms with Crippen molar-refractivity contribution in [1.82, 2.24) is 9.97 Å². The summed E-state index contributed by atoms with van der Waals surface area (Å²) in [6, 6.07) is 20.7. The van der Waals surface area contributed by atoms with Crippen molar-refractivity contribution in [2.75, 3.05) is 5.32 Å². The number of nitrogens with zero attached hydrogens (tertiary/aromatic N) is 2. The maximum atomic E-state index is 10.9. The minimum atomic E-state index is -0.680. The highest BCUT2D eigenvalue weighted by Gasteiger charge is 2.24. The number of nitrogens with one attached hydrogen (secondary N) is 1. The van der Waals surface area contributed by atoms with Crippen LogP contribution in [0.3, 0.4) is 0 Å². The molecule has 0 aliphatic heterocycles. The van der Waals surface area contributed by atoms with Gasteiger partial charge in [-0.1, -0.05) is 36.4 Å². The molecule has 32 heavy (non-hydrogen) atoms. The molecule has 2 aromatic heterocycles. The van der Waals surface area contributed by atoms with E-state index in [1.54, 1.807) is 6.20 Å². The van der Waals surface area contributed by atoms with E-state index in [9.17, 15) is 4.79 Å². The SMILES string of the molecule is O=C(O)C[C@H]1CC[C@@H](c2ccc(-c3ccc(Nc4nc5ccccc5o4)cn3)cc2)CC1. The number of carboxylic acids is 1. The summed E-state index contributed by atoms with van der Waals surface area (Å²) in [7, 11) is 0.